The summed E-state index contributed by atoms with van der Waals surface area (Å²) >= 11 is 1.62. The summed E-state index contributed by atoms with van der Waals surface area (Å²) in [5, 5.41) is 3.08. The lowest BCUT2D eigenvalue weighted by Crippen LogP contribution is -2.46. The van der Waals surface area contributed by atoms with E-state index in [2.05, 4.69) is 19.9 Å². The second kappa shape index (κ2) is 6.64. The van der Waals surface area contributed by atoms with Gasteiger partial charge in [0.05, 0.1) is 10.7 Å². The van der Waals surface area contributed by atoms with Crippen LogP contribution < -0.4 is 4.90 Å². The van der Waals surface area contributed by atoms with Gasteiger partial charge in [0.15, 0.2) is 0 Å². The molecular weight excluding hydrogens is 339 g/mol. The van der Waals surface area contributed by atoms with E-state index in [9.17, 15) is 13.2 Å². The normalized spacial score (nSPS) is 16.6. The number of aryl methyl sites for hydroxylation is 2. The standard InChI is InChI=1S/C15H18F3N5S/c1-10-7-13(15(16,17)18)21-14(19-10)23-5-3-22(4-6-23)8-12-9-24-11(2)20-12/h7,9H,3-6,8H2,1-2H3. The van der Waals surface area contributed by atoms with Crippen LogP contribution in [0.3, 0.4) is 0 Å². The highest BCUT2D eigenvalue weighted by molar-refractivity contribution is 7.09. The van der Waals surface area contributed by atoms with Crippen LogP contribution in [0.5, 0.6) is 0 Å². The first-order valence-corrected chi connectivity index (χ1v) is 8.50. The van der Waals surface area contributed by atoms with Crippen molar-refractivity contribution in [1.29, 1.82) is 0 Å². The first-order chi connectivity index (χ1) is 11.3. The topological polar surface area (TPSA) is 45.2 Å². The summed E-state index contributed by atoms with van der Waals surface area (Å²) in [7, 11) is 0. The molecule has 5 nitrogen and oxygen atoms in total. The molecule has 1 aliphatic rings. The van der Waals surface area contributed by atoms with Crippen LogP contribution in [0.25, 0.3) is 0 Å². The molecular formula is C15H18F3N5S. The van der Waals surface area contributed by atoms with Gasteiger partial charge in [0, 0.05) is 43.8 Å². The monoisotopic (exact) mass is 357 g/mol. The quantitative estimate of drug-likeness (QED) is 0.845. The number of hydrogen-bond acceptors (Lipinski definition) is 6. The van der Waals surface area contributed by atoms with Crippen molar-refractivity contribution in [2.45, 2.75) is 26.6 Å². The molecule has 1 fully saturated rings. The lowest BCUT2D eigenvalue weighted by molar-refractivity contribution is -0.141. The molecule has 0 atom stereocenters. The highest BCUT2D eigenvalue weighted by Crippen LogP contribution is 2.29. The molecule has 130 valence electrons. The lowest BCUT2D eigenvalue weighted by Gasteiger charge is -2.34. The van der Waals surface area contributed by atoms with Crippen molar-refractivity contribution in [3.63, 3.8) is 0 Å². The zero-order chi connectivity index (χ0) is 17.3. The zero-order valence-electron chi connectivity index (χ0n) is 13.5. The Morgan fingerprint density at radius 3 is 2.38 bits per heavy atom. The van der Waals surface area contributed by atoms with Crippen LogP contribution in [0.1, 0.15) is 22.1 Å². The van der Waals surface area contributed by atoms with Crippen molar-refractivity contribution in [2.24, 2.45) is 0 Å². The summed E-state index contributed by atoms with van der Waals surface area (Å²) in [5.74, 6) is 0.159. The van der Waals surface area contributed by atoms with E-state index >= 15 is 0 Å². The van der Waals surface area contributed by atoms with E-state index in [1.54, 1.807) is 18.3 Å². The number of alkyl halides is 3. The molecule has 1 saturated heterocycles. The summed E-state index contributed by atoms with van der Waals surface area (Å²) in [5.41, 5.74) is 0.482. The van der Waals surface area contributed by atoms with Gasteiger partial charge in [-0.1, -0.05) is 0 Å². The van der Waals surface area contributed by atoms with E-state index in [0.717, 1.165) is 36.4 Å². The Morgan fingerprint density at radius 1 is 1.08 bits per heavy atom. The predicted molar refractivity (Wildman–Crippen MR) is 86.1 cm³/mol. The van der Waals surface area contributed by atoms with Crippen LogP contribution in [0.15, 0.2) is 11.4 Å². The summed E-state index contributed by atoms with van der Waals surface area (Å²) in [6.45, 7) is 6.99. The minimum Gasteiger partial charge on any atom is -0.338 e. The van der Waals surface area contributed by atoms with Crippen LogP contribution in [0.4, 0.5) is 19.1 Å². The van der Waals surface area contributed by atoms with Gasteiger partial charge in [-0.2, -0.15) is 13.2 Å². The third kappa shape index (κ3) is 4.02. The van der Waals surface area contributed by atoms with Gasteiger partial charge >= 0.3 is 6.18 Å². The molecule has 1 aliphatic heterocycles. The van der Waals surface area contributed by atoms with Crippen LogP contribution >= 0.6 is 11.3 Å². The van der Waals surface area contributed by atoms with Crippen molar-refractivity contribution in [3.05, 3.63) is 33.5 Å². The van der Waals surface area contributed by atoms with Gasteiger partial charge in [-0.05, 0) is 19.9 Å². The summed E-state index contributed by atoms with van der Waals surface area (Å²) in [4.78, 5) is 16.4. The third-order valence-corrected chi connectivity index (χ3v) is 4.66. The molecule has 3 heterocycles. The molecule has 0 aliphatic carbocycles. The van der Waals surface area contributed by atoms with E-state index in [1.165, 1.54) is 0 Å². The fourth-order valence-electron chi connectivity index (χ4n) is 2.66. The molecule has 0 unspecified atom stereocenters. The van der Waals surface area contributed by atoms with E-state index in [4.69, 9.17) is 0 Å². The molecule has 24 heavy (non-hydrogen) atoms. The van der Waals surface area contributed by atoms with E-state index in [1.807, 2.05) is 17.2 Å². The number of aromatic nitrogens is 3. The zero-order valence-corrected chi connectivity index (χ0v) is 14.3. The van der Waals surface area contributed by atoms with Crippen LogP contribution in [-0.4, -0.2) is 46.0 Å². The van der Waals surface area contributed by atoms with Crippen molar-refractivity contribution in [3.8, 4) is 0 Å². The predicted octanol–water partition coefficient (Wildman–Crippen LogP) is 2.89. The van der Waals surface area contributed by atoms with Gasteiger partial charge in [0.2, 0.25) is 5.95 Å². The van der Waals surface area contributed by atoms with Crippen molar-refractivity contribution in [2.75, 3.05) is 31.1 Å². The molecule has 0 amide bonds. The maximum Gasteiger partial charge on any atom is 0.433 e. The third-order valence-electron chi connectivity index (χ3n) is 3.84. The SMILES string of the molecule is Cc1cc(C(F)(F)F)nc(N2CCN(Cc3csc(C)n3)CC2)n1. The van der Waals surface area contributed by atoms with E-state index in [-0.39, 0.29) is 5.95 Å². The molecule has 3 rings (SSSR count). The average Bonchev–Trinajstić information content (AvgIpc) is 2.91. The Kier molecular flexibility index (Phi) is 4.73. The number of halogens is 3. The number of rotatable bonds is 3. The molecule has 2 aromatic heterocycles. The van der Waals surface area contributed by atoms with Gasteiger partial charge in [-0.15, -0.1) is 11.3 Å². The molecule has 9 heteroatoms. The summed E-state index contributed by atoms with van der Waals surface area (Å²) in [6, 6.07) is 0.977. The van der Waals surface area contributed by atoms with Gasteiger partial charge in [-0.25, -0.2) is 15.0 Å². The second-order valence-corrected chi connectivity index (χ2v) is 6.88. The van der Waals surface area contributed by atoms with Gasteiger partial charge in [0.1, 0.15) is 5.69 Å². The minimum atomic E-state index is -4.45. The van der Waals surface area contributed by atoms with Crippen LogP contribution in [0.2, 0.25) is 0 Å². The lowest BCUT2D eigenvalue weighted by atomic mass is 10.3. The first-order valence-electron chi connectivity index (χ1n) is 7.62. The van der Waals surface area contributed by atoms with Crippen LogP contribution in [0, 0.1) is 13.8 Å². The highest BCUT2D eigenvalue weighted by Gasteiger charge is 2.34. The molecule has 0 radical (unpaired) electrons. The molecule has 0 saturated carbocycles. The average molecular weight is 357 g/mol. The number of thiazole rings is 1. The van der Waals surface area contributed by atoms with Crippen LogP contribution in [-0.2, 0) is 12.7 Å². The maximum absolute atomic E-state index is 12.9. The van der Waals surface area contributed by atoms with Gasteiger partial charge in [0.25, 0.3) is 0 Å². The molecule has 0 N–H and O–H groups in total. The fourth-order valence-corrected chi connectivity index (χ4v) is 3.26. The van der Waals surface area contributed by atoms with E-state index in [0.29, 0.717) is 18.8 Å². The Balaban J connectivity index is 1.65. The molecule has 0 bridgehead atoms. The Hall–Kier alpha value is -1.74. The number of piperazine rings is 1. The smallest absolute Gasteiger partial charge is 0.338 e. The largest absolute Gasteiger partial charge is 0.433 e. The Labute approximate surface area is 142 Å². The fraction of sp³-hybridized carbons (Fsp3) is 0.533. The van der Waals surface area contributed by atoms with Crippen molar-refractivity contribution in [1.82, 2.24) is 19.9 Å². The van der Waals surface area contributed by atoms with Gasteiger partial charge in [-0.3, -0.25) is 4.90 Å². The summed E-state index contributed by atoms with van der Waals surface area (Å²) in [6.07, 6.45) is -4.45. The molecule has 2 aromatic rings. The first kappa shape index (κ1) is 17.1. The number of nitrogens with zero attached hydrogens (tertiary/aromatic N) is 5. The number of hydrogen-bond donors (Lipinski definition) is 0. The molecule has 0 aromatic carbocycles. The second-order valence-electron chi connectivity index (χ2n) is 5.81. The minimum absolute atomic E-state index is 0.159. The Morgan fingerprint density at radius 2 is 1.79 bits per heavy atom. The maximum atomic E-state index is 12.9. The highest BCUT2D eigenvalue weighted by atomic mass is 32.1. The van der Waals surface area contributed by atoms with E-state index < -0.39 is 11.9 Å². The summed E-state index contributed by atoms with van der Waals surface area (Å²) < 4.78 is 38.7. The molecule has 0 spiro atoms. The van der Waals surface area contributed by atoms with Gasteiger partial charge < -0.3 is 4.90 Å². The Bertz CT molecular complexity index is 707. The number of anilines is 1. The van der Waals surface area contributed by atoms with Crippen molar-refractivity contribution < 1.29 is 13.2 Å². The van der Waals surface area contributed by atoms with Crippen molar-refractivity contribution >= 4 is 17.3 Å².